The molecule has 2 unspecified atom stereocenters. The number of nitrogens with two attached hydrogens (primary N) is 2. The Bertz CT molecular complexity index is 777. The predicted molar refractivity (Wildman–Crippen MR) is 116 cm³/mol. The van der Waals surface area contributed by atoms with Crippen LogP contribution in [0, 0.1) is 0 Å². The van der Waals surface area contributed by atoms with Crippen molar-refractivity contribution >= 4 is 11.8 Å². The molecule has 1 saturated carbocycles. The van der Waals surface area contributed by atoms with Crippen LogP contribution in [0.5, 0.6) is 0 Å². The molecule has 1 aromatic rings. The first-order chi connectivity index (χ1) is 14.7. The Morgan fingerprint density at radius 3 is 2.63 bits per heavy atom. The molecule has 2 atom stereocenters. The number of hydrogen-bond acceptors (Lipinski definition) is 6. The zero-order chi connectivity index (χ0) is 20.9. The largest absolute Gasteiger partial charge is 0.446 e. The van der Waals surface area contributed by atoms with Crippen LogP contribution in [0.25, 0.3) is 0 Å². The lowest BCUT2D eigenvalue weighted by Crippen LogP contribution is -2.45. The Labute approximate surface area is 178 Å². The summed E-state index contributed by atoms with van der Waals surface area (Å²) in [5, 5.41) is 10.9. The lowest BCUT2D eigenvalue weighted by molar-refractivity contribution is 0.107. The van der Waals surface area contributed by atoms with E-state index in [0.717, 1.165) is 63.5 Å². The number of anilines is 1. The number of hydrogen-bond donors (Lipinski definition) is 3. The molecule has 1 aliphatic heterocycles. The standard InChI is InChI=1S/C22H34N6O2/c23-14-21(26-27-24)25-18-7-4-10-28(22(29)30-19-8-1-2-9-19)20-13-16-6-3-5-15(16)11-17(20)12-18/h11,13,18-19,21,25H,1-10,12,14,23H2,(H2,24,26). The van der Waals surface area contributed by atoms with Crippen molar-refractivity contribution in [3.63, 3.8) is 0 Å². The molecule has 0 radical (unpaired) electrons. The van der Waals surface area contributed by atoms with E-state index in [9.17, 15) is 4.79 Å². The zero-order valence-corrected chi connectivity index (χ0v) is 17.7. The Morgan fingerprint density at radius 2 is 1.90 bits per heavy atom. The first-order valence-electron chi connectivity index (χ1n) is 11.4. The average Bonchev–Trinajstić information content (AvgIpc) is 3.40. The monoisotopic (exact) mass is 414 g/mol. The van der Waals surface area contributed by atoms with E-state index in [-0.39, 0.29) is 24.4 Å². The number of nitrogens with zero attached hydrogens (tertiary/aromatic N) is 3. The highest BCUT2D eigenvalue weighted by Crippen LogP contribution is 2.34. The van der Waals surface area contributed by atoms with Gasteiger partial charge in [-0.05, 0) is 87.0 Å². The van der Waals surface area contributed by atoms with Crippen molar-refractivity contribution in [2.45, 2.75) is 82.5 Å². The number of carbonyl (C=O) groups is 1. The van der Waals surface area contributed by atoms with Crippen LogP contribution >= 0.6 is 0 Å². The van der Waals surface area contributed by atoms with Gasteiger partial charge in [0.25, 0.3) is 0 Å². The Morgan fingerprint density at radius 1 is 1.13 bits per heavy atom. The van der Waals surface area contributed by atoms with Crippen molar-refractivity contribution in [1.29, 1.82) is 0 Å². The average molecular weight is 415 g/mol. The highest BCUT2D eigenvalue weighted by Gasteiger charge is 2.29. The fourth-order valence-corrected chi connectivity index (χ4v) is 5.11. The van der Waals surface area contributed by atoms with Gasteiger partial charge in [0, 0.05) is 19.1 Å². The molecule has 0 aromatic heterocycles. The van der Waals surface area contributed by atoms with E-state index in [4.69, 9.17) is 16.3 Å². The van der Waals surface area contributed by atoms with Gasteiger partial charge in [-0.25, -0.2) is 4.79 Å². The summed E-state index contributed by atoms with van der Waals surface area (Å²) in [5.41, 5.74) is 10.8. The summed E-state index contributed by atoms with van der Waals surface area (Å²) in [6.07, 6.45) is 9.85. The highest BCUT2D eigenvalue weighted by atomic mass is 16.6. The molecular weight excluding hydrogens is 380 g/mol. The molecule has 2 aliphatic carbocycles. The minimum Gasteiger partial charge on any atom is -0.446 e. The summed E-state index contributed by atoms with van der Waals surface area (Å²) < 4.78 is 5.88. The number of fused-ring (bicyclic) bond motifs is 2. The lowest BCUT2D eigenvalue weighted by atomic mass is 9.94. The van der Waals surface area contributed by atoms with Crippen LogP contribution in [0.2, 0.25) is 0 Å². The number of amides is 1. The van der Waals surface area contributed by atoms with Crippen molar-refractivity contribution in [3.05, 3.63) is 28.8 Å². The summed E-state index contributed by atoms with van der Waals surface area (Å²) in [6, 6.07) is 4.74. The number of nitrogens with one attached hydrogen (secondary N) is 1. The Hall–Kier alpha value is -2.19. The van der Waals surface area contributed by atoms with Gasteiger partial charge < -0.3 is 16.3 Å². The third-order valence-electron chi connectivity index (χ3n) is 6.63. The molecule has 5 N–H and O–H groups in total. The Kier molecular flexibility index (Phi) is 6.84. The predicted octanol–water partition coefficient (Wildman–Crippen LogP) is 2.97. The molecule has 8 heteroatoms. The summed E-state index contributed by atoms with van der Waals surface area (Å²) in [5.74, 6) is 5.23. The van der Waals surface area contributed by atoms with Crippen molar-refractivity contribution in [1.82, 2.24) is 5.32 Å². The molecule has 1 aromatic carbocycles. The molecular formula is C22H34N6O2. The lowest BCUT2D eigenvalue weighted by Gasteiger charge is -2.32. The molecule has 1 heterocycles. The summed E-state index contributed by atoms with van der Waals surface area (Å²) >= 11 is 0. The van der Waals surface area contributed by atoms with Gasteiger partial charge in [0.05, 0.1) is 5.69 Å². The second-order valence-electron chi connectivity index (χ2n) is 8.74. The van der Waals surface area contributed by atoms with E-state index in [1.165, 1.54) is 23.1 Å². The van der Waals surface area contributed by atoms with Gasteiger partial charge >= 0.3 is 6.09 Å². The van der Waals surface area contributed by atoms with Crippen LogP contribution in [-0.2, 0) is 24.0 Å². The molecule has 1 amide bonds. The quantitative estimate of drug-likeness (QED) is 0.389. The molecule has 4 rings (SSSR count). The van der Waals surface area contributed by atoms with Crippen molar-refractivity contribution in [2.24, 2.45) is 21.9 Å². The Balaban J connectivity index is 1.58. The second kappa shape index (κ2) is 9.75. The van der Waals surface area contributed by atoms with Crippen molar-refractivity contribution in [2.75, 3.05) is 18.0 Å². The zero-order valence-electron chi connectivity index (χ0n) is 17.7. The molecule has 30 heavy (non-hydrogen) atoms. The van der Waals surface area contributed by atoms with E-state index >= 15 is 0 Å². The third kappa shape index (κ3) is 4.75. The van der Waals surface area contributed by atoms with Gasteiger partial charge in [0.2, 0.25) is 0 Å². The SMILES string of the molecule is NCC(/N=N\N)NC1CCCN(C(=O)OC2CCCC2)c2cc3c(cc2C1)CCC3. The van der Waals surface area contributed by atoms with Gasteiger partial charge in [0.15, 0.2) is 0 Å². The van der Waals surface area contributed by atoms with E-state index in [0.29, 0.717) is 13.1 Å². The molecule has 0 saturated heterocycles. The fourth-order valence-electron chi connectivity index (χ4n) is 5.11. The summed E-state index contributed by atoms with van der Waals surface area (Å²) in [6.45, 7) is 0.995. The molecule has 164 valence electrons. The van der Waals surface area contributed by atoms with E-state index < -0.39 is 0 Å². The van der Waals surface area contributed by atoms with E-state index in [1.807, 2.05) is 4.90 Å². The molecule has 0 spiro atoms. The number of carbonyl (C=O) groups excluding carboxylic acids is 1. The maximum Gasteiger partial charge on any atom is 0.414 e. The first-order valence-corrected chi connectivity index (χ1v) is 11.4. The van der Waals surface area contributed by atoms with Crippen LogP contribution in [0.3, 0.4) is 0 Å². The second-order valence-corrected chi connectivity index (χ2v) is 8.74. The van der Waals surface area contributed by atoms with E-state index in [2.05, 4.69) is 27.8 Å². The van der Waals surface area contributed by atoms with Gasteiger partial charge in [-0.1, -0.05) is 11.3 Å². The fraction of sp³-hybridized carbons (Fsp3) is 0.682. The number of ether oxygens (including phenoxy) is 1. The number of aryl methyl sites for hydroxylation is 2. The van der Waals surface area contributed by atoms with Crippen LogP contribution in [0.15, 0.2) is 22.5 Å². The summed E-state index contributed by atoms with van der Waals surface area (Å²) in [7, 11) is 0. The molecule has 1 fully saturated rings. The maximum atomic E-state index is 13.1. The van der Waals surface area contributed by atoms with E-state index in [1.54, 1.807) is 0 Å². The van der Waals surface area contributed by atoms with Crippen LogP contribution in [-0.4, -0.2) is 37.5 Å². The molecule has 3 aliphatic rings. The van der Waals surface area contributed by atoms with Gasteiger partial charge in [-0.3, -0.25) is 10.2 Å². The molecule has 0 bridgehead atoms. The molecule has 8 nitrogen and oxygen atoms in total. The summed E-state index contributed by atoms with van der Waals surface area (Å²) in [4.78, 5) is 15.0. The topological polar surface area (TPSA) is 118 Å². The minimum absolute atomic E-state index is 0.0715. The van der Waals surface area contributed by atoms with Crippen LogP contribution < -0.4 is 21.8 Å². The van der Waals surface area contributed by atoms with Gasteiger partial charge in [0.1, 0.15) is 12.3 Å². The number of rotatable bonds is 5. The first kappa shape index (κ1) is 21.1. The number of benzene rings is 1. The van der Waals surface area contributed by atoms with Crippen LogP contribution in [0.1, 0.15) is 61.6 Å². The highest BCUT2D eigenvalue weighted by molar-refractivity contribution is 5.89. The van der Waals surface area contributed by atoms with Gasteiger partial charge in [-0.15, -0.1) is 0 Å². The smallest absolute Gasteiger partial charge is 0.414 e. The van der Waals surface area contributed by atoms with Gasteiger partial charge in [-0.2, -0.15) is 5.11 Å². The normalized spacial score (nSPS) is 23.1. The van der Waals surface area contributed by atoms with Crippen molar-refractivity contribution < 1.29 is 9.53 Å². The third-order valence-corrected chi connectivity index (χ3v) is 6.63. The van der Waals surface area contributed by atoms with Crippen molar-refractivity contribution in [3.8, 4) is 0 Å². The maximum absolute atomic E-state index is 13.1. The minimum atomic E-state index is -0.291. The van der Waals surface area contributed by atoms with Crippen LogP contribution in [0.4, 0.5) is 10.5 Å².